The van der Waals surface area contributed by atoms with E-state index in [4.69, 9.17) is 10.5 Å². The van der Waals surface area contributed by atoms with Gasteiger partial charge in [0.25, 0.3) is 0 Å². The minimum atomic E-state index is -0.895. The maximum atomic E-state index is 11.9. The molecular weight excluding hydrogens is 282 g/mol. The monoisotopic (exact) mass is 311 g/mol. The van der Waals surface area contributed by atoms with Gasteiger partial charge in [-0.05, 0) is 12.8 Å². The van der Waals surface area contributed by atoms with Crippen LogP contribution < -0.4 is 5.73 Å². The summed E-state index contributed by atoms with van der Waals surface area (Å²) in [6, 6.07) is -0.895. The van der Waals surface area contributed by atoms with Crippen molar-refractivity contribution in [1.82, 2.24) is 0 Å². The molecule has 1 aliphatic rings. The molecule has 5 nitrogen and oxygen atoms in total. The Morgan fingerprint density at radius 1 is 1.18 bits per heavy atom. The highest BCUT2D eigenvalue weighted by Gasteiger charge is 2.36. The first kappa shape index (κ1) is 18.8. The van der Waals surface area contributed by atoms with Crippen LogP contribution in [0.25, 0.3) is 0 Å². The normalized spacial score (nSPS) is 19.0. The Hall–Kier alpha value is -1.23. The molecule has 2 atom stereocenters. The van der Waals surface area contributed by atoms with Gasteiger partial charge in [0.1, 0.15) is 5.78 Å². The van der Waals surface area contributed by atoms with Crippen molar-refractivity contribution in [2.45, 2.75) is 77.2 Å². The summed E-state index contributed by atoms with van der Waals surface area (Å²) in [6.45, 7) is 2.50. The summed E-state index contributed by atoms with van der Waals surface area (Å²) in [5.41, 5.74) is 5.78. The number of ether oxygens (including phenoxy) is 1. The van der Waals surface area contributed by atoms with E-state index in [-0.39, 0.29) is 18.0 Å². The first-order chi connectivity index (χ1) is 10.6. The van der Waals surface area contributed by atoms with Gasteiger partial charge in [-0.15, -0.1) is 0 Å². The fourth-order valence-electron chi connectivity index (χ4n) is 2.74. The van der Waals surface area contributed by atoms with E-state index in [0.29, 0.717) is 19.4 Å². The number of hydrogen-bond acceptors (Lipinski definition) is 5. The van der Waals surface area contributed by atoms with E-state index in [1.807, 2.05) is 0 Å². The highest BCUT2D eigenvalue weighted by atomic mass is 16.5. The van der Waals surface area contributed by atoms with Gasteiger partial charge in [-0.1, -0.05) is 45.4 Å². The molecule has 0 aliphatic carbocycles. The fraction of sp³-hybridized carbons (Fsp3) is 0.824. The van der Waals surface area contributed by atoms with E-state index in [2.05, 4.69) is 6.92 Å². The van der Waals surface area contributed by atoms with Crippen molar-refractivity contribution in [2.75, 3.05) is 6.61 Å². The average molecular weight is 311 g/mol. The van der Waals surface area contributed by atoms with Crippen molar-refractivity contribution in [3.63, 3.8) is 0 Å². The molecule has 1 saturated heterocycles. The number of rotatable bonds is 12. The number of unbranched alkanes of at least 4 members (excludes halogenated alkanes) is 6. The first-order valence-corrected chi connectivity index (χ1v) is 8.53. The third-order valence-corrected chi connectivity index (χ3v) is 4.21. The molecule has 22 heavy (non-hydrogen) atoms. The predicted octanol–water partition coefficient (Wildman–Crippen LogP) is 2.55. The van der Waals surface area contributed by atoms with Crippen molar-refractivity contribution in [3.8, 4) is 0 Å². The molecule has 0 aromatic rings. The summed E-state index contributed by atoms with van der Waals surface area (Å²) in [7, 11) is 0. The van der Waals surface area contributed by atoms with Gasteiger partial charge in [-0.25, -0.2) is 0 Å². The van der Waals surface area contributed by atoms with E-state index < -0.39 is 17.9 Å². The standard InChI is InChI=1S/C17H29NO4/c1-2-3-4-5-6-7-8-9-13(19)12-15(20)16(18)14-10-11-22-17(14)21/h14,16H,2-12,18H2,1H3/t14-,16?/m1/s1. The van der Waals surface area contributed by atoms with E-state index in [1.54, 1.807) is 0 Å². The summed E-state index contributed by atoms with van der Waals surface area (Å²) in [5, 5.41) is 0. The molecule has 1 aliphatic heterocycles. The quantitative estimate of drug-likeness (QED) is 0.340. The molecule has 0 bridgehead atoms. The van der Waals surface area contributed by atoms with Crippen molar-refractivity contribution < 1.29 is 19.1 Å². The van der Waals surface area contributed by atoms with Gasteiger partial charge in [0, 0.05) is 6.42 Å². The molecule has 0 saturated carbocycles. The van der Waals surface area contributed by atoms with E-state index in [1.165, 1.54) is 25.7 Å². The number of cyclic esters (lactones) is 1. The van der Waals surface area contributed by atoms with Gasteiger partial charge >= 0.3 is 5.97 Å². The molecule has 126 valence electrons. The maximum Gasteiger partial charge on any atom is 0.311 e. The number of carbonyl (C=O) groups is 3. The summed E-state index contributed by atoms with van der Waals surface area (Å²) < 4.78 is 4.81. The van der Waals surface area contributed by atoms with Gasteiger partial charge in [-0.2, -0.15) is 0 Å². The predicted molar refractivity (Wildman–Crippen MR) is 84.3 cm³/mol. The second-order valence-corrected chi connectivity index (χ2v) is 6.14. The third kappa shape index (κ3) is 6.69. The van der Waals surface area contributed by atoms with Crippen LogP contribution in [-0.4, -0.2) is 30.2 Å². The molecule has 5 heteroatoms. The van der Waals surface area contributed by atoms with Crippen LogP contribution in [0.2, 0.25) is 0 Å². The highest BCUT2D eigenvalue weighted by Crippen LogP contribution is 2.19. The van der Waals surface area contributed by atoms with Crippen LogP contribution in [0, 0.1) is 5.92 Å². The zero-order valence-corrected chi connectivity index (χ0v) is 13.6. The Morgan fingerprint density at radius 3 is 2.41 bits per heavy atom. The van der Waals surface area contributed by atoms with Crippen LogP contribution in [0.3, 0.4) is 0 Å². The topological polar surface area (TPSA) is 86.5 Å². The number of esters is 1. The second kappa shape index (κ2) is 10.5. The molecule has 1 unspecified atom stereocenters. The summed E-state index contributed by atoms with van der Waals surface area (Å²) in [5.74, 6) is -1.39. The lowest BCUT2D eigenvalue weighted by Gasteiger charge is -2.13. The van der Waals surface area contributed by atoms with Gasteiger partial charge in [-0.3, -0.25) is 14.4 Å². The van der Waals surface area contributed by atoms with Crippen molar-refractivity contribution in [1.29, 1.82) is 0 Å². The molecule has 0 radical (unpaired) electrons. The zero-order valence-electron chi connectivity index (χ0n) is 13.6. The minimum absolute atomic E-state index is 0.0691. The van der Waals surface area contributed by atoms with Gasteiger partial charge in [0.05, 0.1) is 25.0 Å². The summed E-state index contributed by atoms with van der Waals surface area (Å²) in [6.07, 6.45) is 8.74. The number of nitrogens with two attached hydrogens (primary N) is 1. The Labute approximate surface area is 133 Å². The minimum Gasteiger partial charge on any atom is -0.465 e. The fourth-order valence-corrected chi connectivity index (χ4v) is 2.74. The lowest BCUT2D eigenvalue weighted by molar-refractivity contribution is -0.143. The van der Waals surface area contributed by atoms with Crippen molar-refractivity contribution in [3.05, 3.63) is 0 Å². The third-order valence-electron chi connectivity index (χ3n) is 4.21. The van der Waals surface area contributed by atoms with Crippen LogP contribution in [-0.2, 0) is 19.1 Å². The van der Waals surface area contributed by atoms with Gasteiger partial charge in [0.2, 0.25) is 0 Å². The SMILES string of the molecule is CCCCCCCCCC(=O)CC(=O)C(N)[C@H]1CCOC1=O. The van der Waals surface area contributed by atoms with E-state index in [9.17, 15) is 14.4 Å². The Bertz CT molecular complexity index is 381. The molecule has 1 rings (SSSR count). The number of Topliss-reactive ketones (excluding diaryl/α,β-unsaturated/α-hetero) is 2. The average Bonchev–Trinajstić information content (AvgIpc) is 2.91. The highest BCUT2D eigenvalue weighted by molar-refractivity contribution is 6.03. The van der Waals surface area contributed by atoms with Crippen LogP contribution in [0.5, 0.6) is 0 Å². The second-order valence-electron chi connectivity index (χ2n) is 6.14. The lowest BCUT2D eigenvalue weighted by atomic mass is 9.92. The number of ketones is 2. The van der Waals surface area contributed by atoms with Crippen LogP contribution in [0.4, 0.5) is 0 Å². The molecule has 2 N–H and O–H groups in total. The molecule has 0 amide bonds. The van der Waals surface area contributed by atoms with Crippen LogP contribution in [0.1, 0.15) is 71.1 Å². The Morgan fingerprint density at radius 2 is 1.82 bits per heavy atom. The largest absolute Gasteiger partial charge is 0.465 e. The van der Waals surface area contributed by atoms with Gasteiger partial charge < -0.3 is 10.5 Å². The van der Waals surface area contributed by atoms with E-state index in [0.717, 1.165) is 19.3 Å². The number of hydrogen-bond donors (Lipinski definition) is 1. The van der Waals surface area contributed by atoms with Crippen LogP contribution in [0.15, 0.2) is 0 Å². The molecule has 0 aromatic carbocycles. The molecule has 0 spiro atoms. The van der Waals surface area contributed by atoms with Crippen molar-refractivity contribution >= 4 is 17.5 Å². The van der Waals surface area contributed by atoms with E-state index >= 15 is 0 Å². The molecule has 0 aromatic heterocycles. The zero-order chi connectivity index (χ0) is 16.4. The maximum absolute atomic E-state index is 11.9. The lowest BCUT2D eigenvalue weighted by Crippen LogP contribution is -2.41. The van der Waals surface area contributed by atoms with Crippen molar-refractivity contribution in [2.24, 2.45) is 11.7 Å². The molecule has 1 heterocycles. The first-order valence-electron chi connectivity index (χ1n) is 8.53. The van der Waals surface area contributed by atoms with Crippen LogP contribution >= 0.6 is 0 Å². The smallest absolute Gasteiger partial charge is 0.311 e. The summed E-state index contributed by atoms with van der Waals surface area (Å²) in [4.78, 5) is 35.1. The number of carbonyl (C=O) groups excluding carboxylic acids is 3. The van der Waals surface area contributed by atoms with Gasteiger partial charge in [0.15, 0.2) is 5.78 Å². The Kier molecular flexibility index (Phi) is 8.97. The summed E-state index contributed by atoms with van der Waals surface area (Å²) >= 11 is 0. The molecule has 1 fully saturated rings. The Balaban J connectivity index is 2.13. The molecular formula is C17H29NO4.